The molecule has 0 radical (unpaired) electrons. The first-order valence-electron chi connectivity index (χ1n) is 8.11. The van der Waals surface area contributed by atoms with Crippen LogP contribution in [-0.2, 0) is 13.1 Å². The molecule has 2 amide bonds. The summed E-state index contributed by atoms with van der Waals surface area (Å²) in [5, 5.41) is 6.33. The van der Waals surface area contributed by atoms with Crippen molar-refractivity contribution in [2.75, 3.05) is 5.32 Å². The highest BCUT2D eigenvalue weighted by molar-refractivity contribution is 6.31. The number of aromatic nitrogens is 1. The molecule has 0 aliphatic heterocycles. The van der Waals surface area contributed by atoms with Crippen LogP contribution in [0.3, 0.4) is 0 Å². The summed E-state index contributed by atoms with van der Waals surface area (Å²) in [6.45, 7) is 3.15. The molecule has 0 bridgehead atoms. The molecule has 5 heteroatoms. The van der Waals surface area contributed by atoms with E-state index in [-0.39, 0.29) is 6.03 Å². The lowest BCUT2D eigenvalue weighted by Crippen LogP contribution is -2.29. The highest BCUT2D eigenvalue weighted by Gasteiger charge is 2.07. The fraction of sp³-hybridized carbons (Fsp3) is 0.150. The lowest BCUT2D eigenvalue weighted by Gasteiger charge is -2.12. The molecule has 2 N–H and O–H groups in total. The maximum absolute atomic E-state index is 12.2. The van der Waals surface area contributed by atoms with E-state index >= 15 is 0 Å². The zero-order valence-electron chi connectivity index (χ0n) is 14.0. The number of carbonyl (C=O) groups is 1. The number of anilines is 1. The molecule has 0 unspecified atom stereocenters. The SMILES string of the molecule is Cc1ccc(Cl)cc1NC(=O)NCc1cccn1Cc1ccccc1. The van der Waals surface area contributed by atoms with Crippen LogP contribution >= 0.6 is 11.6 Å². The van der Waals surface area contributed by atoms with Crippen LogP contribution in [0.5, 0.6) is 0 Å². The van der Waals surface area contributed by atoms with Crippen molar-refractivity contribution in [3.63, 3.8) is 0 Å². The molecule has 0 fully saturated rings. The highest BCUT2D eigenvalue weighted by Crippen LogP contribution is 2.20. The molecule has 0 saturated heterocycles. The Balaban J connectivity index is 1.59. The summed E-state index contributed by atoms with van der Waals surface area (Å²) in [6, 6.07) is 19.4. The molecule has 0 atom stereocenters. The maximum Gasteiger partial charge on any atom is 0.319 e. The summed E-state index contributed by atoms with van der Waals surface area (Å²) in [7, 11) is 0. The van der Waals surface area contributed by atoms with Gasteiger partial charge in [-0.2, -0.15) is 0 Å². The quantitative estimate of drug-likeness (QED) is 0.678. The second-order valence-electron chi connectivity index (χ2n) is 5.88. The molecular weight excluding hydrogens is 334 g/mol. The summed E-state index contributed by atoms with van der Waals surface area (Å²) in [6.07, 6.45) is 2.02. The Hall–Kier alpha value is -2.72. The number of halogens is 1. The largest absolute Gasteiger partial charge is 0.345 e. The van der Waals surface area contributed by atoms with Gasteiger partial charge in [0.15, 0.2) is 0 Å². The summed E-state index contributed by atoms with van der Waals surface area (Å²) in [5.41, 5.74) is 3.94. The number of nitrogens with zero attached hydrogens (tertiary/aromatic N) is 1. The van der Waals surface area contributed by atoms with Gasteiger partial charge in [-0.1, -0.05) is 48.0 Å². The average Bonchev–Trinajstić information content (AvgIpc) is 3.04. The Kier molecular flexibility index (Phi) is 5.41. The van der Waals surface area contributed by atoms with E-state index in [9.17, 15) is 4.79 Å². The van der Waals surface area contributed by atoms with Gasteiger partial charge in [-0.05, 0) is 42.3 Å². The zero-order chi connectivity index (χ0) is 17.6. The van der Waals surface area contributed by atoms with E-state index in [4.69, 9.17) is 11.6 Å². The molecule has 0 spiro atoms. The molecule has 25 heavy (non-hydrogen) atoms. The number of urea groups is 1. The number of benzene rings is 2. The number of rotatable bonds is 5. The molecule has 128 valence electrons. The van der Waals surface area contributed by atoms with Gasteiger partial charge in [-0.25, -0.2) is 4.79 Å². The third kappa shape index (κ3) is 4.64. The van der Waals surface area contributed by atoms with Crippen LogP contribution in [0.25, 0.3) is 0 Å². The van der Waals surface area contributed by atoms with Gasteiger partial charge in [-0.15, -0.1) is 0 Å². The van der Waals surface area contributed by atoms with Crippen molar-refractivity contribution >= 4 is 23.3 Å². The molecule has 4 nitrogen and oxygen atoms in total. The summed E-state index contributed by atoms with van der Waals surface area (Å²) >= 11 is 5.98. The summed E-state index contributed by atoms with van der Waals surface area (Å²) in [5.74, 6) is 0. The van der Waals surface area contributed by atoms with Crippen molar-refractivity contribution in [2.45, 2.75) is 20.0 Å². The fourth-order valence-electron chi connectivity index (χ4n) is 2.61. The molecule has 3 aromatic rings. The molecule has 1 aromatic heterocycles. The van der Waals surface area contributed by atoms with E-state index in [0.29, 0.717) is 17.3 Å². The van der Waals surface area contributed by atoms with Crippen molar-refractivity contribution in [1.29, 1.82) is 0 Å². The number of nitrogens with one attached hydrogen (secondary N) is 2. The smallest absolute Gasteiger partial charge is 0.319 e. The normalized spacial score (nSPS) is 10.5. The first-order valence-corrected chi connectivity index (χ1v) is 8.48. The first kappa shape index (κ1) is 17.1. The number of carbonyl (C=O) groups excluding carboxylic acids is 1. The van der Waals surface area contributed by atoms with Gasteiger partial charge in [0.25, 0.3) is 0 Å². The Morgan fingerprint density at radius 3 is 2.68 bits per heavy atom. The van der Waals surface area contributed by atoms with Crippen molar-refractivity contribution in [3.8, 4) is 0 Å². The third-order valence-corrected chi connectivity index (χ3v) is 4.23. The minimum atomic E-state index is -0.252. The van der Waals surface area contributed by atoms with Crippen molar-refractivity contribution in [1.82, 2.24) is 9.88 Å². The van der Waals surface area contributed by atoms with Gasteiger partial charge < -0.3 is 15.2 Å². The van der Waals surface area contributed by atoms with Crippen LogP contribution in [0.1, 0.15) is 16.8 Å². The Bertz CT molecular complexity index is 858. The Morgan fingerprint density at radius 1 is 1.08 bits per heavy atom. The monoisotopic (exact) mass is 353 g/mol. The van der Waals surface area contributed by atoms with Crippen molar-refractivity contribution < 1.29 is 4.79 Å². The fourth-order valence-corrected chi connectivity index (χ4v) is 2.78. The van der Waals surface area contributed by atoms with Crippen LogP contribution in [0.15, 0.2) is 66.9 Å². The van der Waals surface area contributed by atoms with Crippen LogP contribution < -0.4 is 10.6 Å². The molecule has 0 aliphatic rings. The summed E-state index contributed by atoms with van der Waals surface area (Å²) < 4.78 is 2.13. The lowest BCUT2D eigenvalue weighted by atomic mass is 10.2. The Morgan fingerprint density at radius 2 is 1.88 bits per heavy atom. The summed E-state index contributed by atoms with van der Waals surface area (Å²) in [4.78, 5) is 12.2. The van der Waals surface area contributed by atoms with E-state index in [1.807, 2.05) is 49.5 Å². The van der Waals surface area contributed by atoms with Gasteiger partial charge in [0.05, 0.1) is 6.54 Å². The molecule has 0 saturated carbocycles. The minimum absolute atomic E-state index is 0.252. The molecule has 3 rings (SSSR count). The Labute approximate surface area is 152 Å². The van der Waals surface area contributed by atoms with Gasteiger partial charge in [0, 0.05) is 29.1 Å². The van der Waals surface area contributed by atoms with Crippen molar-refractivity contribution in [2.24, 2.45) is 0 Å². The van der Waals surface area contributed by atoms with E-state index in [0.717, 1.165) is 17.8 Å². The minimum Gasteiger partial charge on any atom is -0.345 e. The van der Waals surface area contributed by atoms with Gasteiger partial charge in [0.2, 0.25) is 0 Å². The standard InChI is InChI=1S/C20H20ClN3O/c1-15-9-10-17(21)12-19(15)23-20(25)22-13-18-8-5-11-24(18)14-16-6-3-2-4-7-16/h2-12H,13-14H2,1H3,(H2,22,23,25). The van der Waals surface area contributed by atoms with Gasteiger partial charge in [0.1, 0.15) is 0 Å². The van der Waals surface area contributed by atoms with Crippen LogP contribution in [0, 0.1) is 6.92 Å². The van der Waals surface area contributed by atoms with E-state index in [2.05, 4.69) is 27.3 Å². The third-order valence-electron chi connectivity index (χ3n) is 4.00. The second-order valence-corrected chi connectivity index (χ2v) is 6.32. The van der Waals surface area contributed by atoms with Crippen LogP contribution in [0.2, 0.25) is 5.02 Å². The molecule has 0 aliphatic carbocycles. The number of hydrogen-bond acceptors (Lipinski definition) is 1. The van der Waals surface area contributed by atoms with Crippen LogP contribution in [-0.4, -0.2) is 10.6 Å². The zero-order valence-corrected chi connectivity index (χ0v) is 14.8. The maximum atomic E-state index is 12.2. The first-order chi connectivity index (χ1) is 12.1. The van der Waals surface area contributed by atoms with Gasteiger partial charge in [-0.3, -0.25) is 0 Å². The highest BCUT2D eigenvalue weighted by atomic mass is 35.5. The predicted molar refractivity (Wildman–Crippen MR) is 102 cm³/mol. The van der Waals surface area contributed by atoms with E-state index in [1.54, 1.807) is 12.1 Å². The van der Waals surface area contributed by atoms with E-state index < -0.39 is 0 Å². The van der Waals surface area contributed by atoms with Gasteiger partial charge >= 0.3 is 6.03 Å². The van der Waals surface area contributed by atoms with Crippen molar-refractivity contribution in [3.05, 3.63) is 88.7 Å². The number of aryl methyl sites for hydroxylation is 1. The predicted octanol–water partition coefficient (Wildman–Crippen LogP) is 4.82. The van der Waals surface area contributed by atoms with E-state index in [1.165, 1.54) is 5.56 Å². The average molecular weight is 354 g/mol. The topological polar surface area (TPSA) is 46.1 Å². The molecular formula is C20H20ClN3O. The lowest BCUT2D eigenvalue weighted by molar-refractivity contribution is 0.251. The molecule has 2 aromatic carbocycles. The number of hydrogen-bond donors (Lipinski definition) is 2. The van der Waals surface area contributed by atoms with Crippen LogP contribution in [0.4, 0.5) is 10.5 Å². The number of amides is 2. The second kappa shape index (κ2) is 7.90. The molecule has 1 heterocycles.